The minimum atomic E-state index is -3.63. The van der Waals surface area contributed by atoms with Crippen LogP contribution in [0.1, 0.15) is 23.1 Å². The summed E-state index contributed by atoms with van der Waals surface area (Å²) in [7, 11) is -3.63. The normalized spacial score (nSPS) is 23.4. The fourth-order valence-corrected chi connectivity index (χ4v) is 5.36. The van der Waals surface area contributed by atoms with Crippen LogP contribution in [0.5, 0.6) is 0 Å². The molecule has 140 valence electrons. The zero-order valence-electron chi connectivity index (χ0n) is 14.5. The molecular formula is C19H17FN2O4S. The van der Waals surface area contributed by atoms with E-state index in [-0.39, 0.29) is 29.2 Å². The van der Waals surface area contributed by atoms with Gasteiger partial charge in [-0.15, -0.1) is 0 Å². The lowest BCUT2D eigenvalue weighted by atomic mass is 9.86. The van der Waals surface area contributed by atoms with Gasteiger partial charge in [-0.2, -0.15) is 0 Å². The summed E-state index contributed by atoms with van der Waals surface area (Å²) in [4.78, 5) is 26.8. The molecule has 4 rings (SSSR count). The number of imide groups is 1. The van der Waals surface area contributed by atoms with Gasteiger partial charge in [-0.3, -0.25) is 9.69 Å². The summed E-state index contributed by atoms with van der Waals surface area (Å²) in [6, 6.07) is 9.98. The lowest BCUT2D eigenvalue weighted by Gasteiger charge is -2.33. The zero-order valence-corrected chi connectivity index (χ0v) is 15.3. The standard InChI is InChI=1S/C19H17FN2O4S/c1-12-4-2-3-5-13(12)11-22-17(23)19(21-18(22)24)8-9-27(25,26)16-7-6-14(20)10-15(16)19/h2-7,10H,8-9,11H2,1H3,(H,21,24). The average molecular weight is 388 g/mol. The van der Waals surface area contributed by atoms with Crippen LogP contribution in [0.4, 0.5) is 9.18 Å². The summed E-state index contributed by atoms with van der Waals surface area (Å²) in [6.07, 6.45) is -0.124. The third kappa shape index (κ3) is 2.63. The maximum absolute atomic E-state index is 13.9. The van der Waals surface area contributed by atoms with Gasteiger partial charge in [0, 0.05) is 5.56 Å². The SMILES string of the molecule is Cc1ccccc1CN1C(=O)NC2(CCS(=O)(=O)c3ccc(F)cc32)C1=O. The quantitative estimate of drug-likeness (QED) is 0.632. The molecule has 27 heavy (non-hydrogen) atoms. The van der Waals surface area contributed by atoms with Crippen molar-refractivity contribution in [2.45, 2.75) is 30.3 Å². The molecule has 1 spiro atoms. The smallest absolute Gasteiger partial charge is 0.319 e. The number of amides is 3. The Labute approximate surface area is 155 Å². The second-order valence-corrected chi connectivity index (χ2v) is 8.94. The van der Waals surface area contributed by atoms with Crippen LogP contribution in [0.25, 0.3) is 0 Å². The molecule has 6 nitrogen and oxygen atoms in total. The predicted molar refractivity (Wildman–Crippen MR) is 95.0 cm³/mol. The van der Waals surface area contributed by atoms with E-state index < -0.39 is 33.1 Å². The Balaban J connectivity index is 1.79. The molecule has 2 aromatic carbocycles. The Morgan fingerprint density at radius 3 is 2.67 bits per heavy atom. The molecule has 0 aliphatic carbocycles. The minimum Gasteiger partial charge on any atom is -0.319 e. The summed E-state index contributed by atoms with van der Waals surface area (Å²) >= 11 is 0. The van der Waals surface area contributed by atoms with Crippen molar-refractivity contribution >= 4 is 21.8 Å². The van der Waals surface area contributed by atoms with E-state index in [9.17, 15) is 22.4 Å². The average Bonchev–Trinajstić information content (AvgIpc) is 2.85. The van der Waals surface area contributed by atoms with Crippen LogP contribution in [0.3, 0.4) is 0 Å². The number of carbonyl (C=O) groups is 2. The number of urea groups is 1. The van der Waals surface area contributed by atoms with Gasteiger partial charge in [0.05, 0.1) is 17.2 Å². The van der Waals surface area contributed by atoms with Gasteiger partial charge >= 0.3 is 6.03 Å². The van der Waals surface area contributed by atoms with E-state index >= 15 is 0 Å². The third-order valence-corrected chi connectivity index (χ3v) is 7.02. The van der Waals surface area contributed by atoms with Crippen LogP contribution in [0, 0.1) is 12.7 Å². The lowest BCUT2D eigenvalue weighted by Crippen LogP contribution is -2.48. The summed E-state index contributed by atoms with van der Waals surface area (Å²) in [5.74, 6) is -1.52. The van der Waals surface area contributed by atoms with Gasteiger partial charge in [-0.05, 0) is 42.7 Å². The minimum absolute atomic E-state index is 0.000571. The van der Waals surface area contributed by atoms with Crippen LogP contribution in [-0.2, 0) is 26.7 Å². The van der Waals surface area contributed by atoms with Gasteiger partial charge in [0.15, 0.2) is 9.84 Å². The van der Waals surface area contributed by atoms with Crippen molar-refractivity contribution in [1.29, 1.82) is 0 Å². The molecule has 0 bridgehead atoms. The number of hydrogen-bond donors (Lipinski definition) is 1. The molecule has 2 aliphatic rings. The van der Waals surface area contributed by atoms with Crippen molar-refractivity contribution in [1.82, 2.24) is 10.2 Å². The first kappa shape index (κ1) is 17.7. The molecule has 1 atom stereocenters. The fraction of sp³-hybridized carbons (Fsp3) is 0.263. The Kier molecular flexibility index (Phi) is 3.85. The monoisotopic (exact) mass is 388 g/mol. The summed E-state index contributed by atoms with van der Waals surface area (Å²) < 4.78 is 38.6. The van der Waals surface area contributed by atoms with Gasteiger partial charge in [0.1, 0.15) is 11.4 Å². The largest absolute Gasteiger partial charge is 0.325 e. The number of fused-ring (bicyclic) bond motifs is 2. The van der Waals surface area contributed by atoms with E-state index in [4.69, 9.17) is 0 Å². The molecule has 8 heteroatoms. The second-order valence-electron chi connectivity index (χ2n) is 6.86. The molecule has 0 radical (unpaired) electrons. The van der Waals surface area contributed by atoms with Crippen molar-refractivity contribution in [2.75, 3.05) is 5.75 Å². The van der Waals surface area contributed by atoms with Crippen LogP contribution in [0.15, 0.2) is 47.4 Å². The number of halogens is 1. The Bertz CT molecular complexity index is 1080. The maximum Gasteiger partial charge on any atom is 0.325 e. The highest BCUT2D eigenvalue weighted by Gasteiger charge is 2.56. The number of nitrogens with one attached hydrogen (secondary N) is 1. The first-order valence-corrected chi connectivity index (χ1v) is 10.1. The summed E-state index contributed by atoms with van der Waals surface area (Å²) in [5.41, 5.74) is 0.180. The van der Waals surface area contributed by atoms with Gasteiger partial charge in [0.25, 0.3) is 5.91 Å². The Morgan fingerprint density at radius 1 is 1.19 bits per heavy atom. The first-order valence-electron chi connectivity index (χ1n) is 8.46. The van der Waals surface area contributed by atoms with Crippen LogP contribution in [0.2, 0.25) is 0 Å². The van der Waals surface area contributed by atoms with E-state index in [0.717, 1.165) is 34.2 Å². The zero-order chi connectivity index (χ0) is 19.4. The topological polar surface area (TPSA) is 83.6 Å². The van der Waals surface area contributed by atoms with Crippen molar-refractivity contribution < 1.29 is 22.4 Å². The molecule has 2 heterocycles. The van der Waals surface area contributed by atoms with Crippen LogP contribution in [-0.4, -0.2) is 31.0 Å². The van der Waals surface area contributed by atoms with Gasteiger partial charge in [-0.1, -0.05) is 24.3 Å². The van der Waals surface area contributed by atoms with E-state index in [1.165, 1.54) is 0 Å². The number of hydrogen-bond acceptors (Lipinski definition) is 4. The number of carbonyl (C=O) groups excluding carboxylic acids is 2. The Hall–Kier alpha value is -2.74. The van der Waals surface area contributed by atoms with E-state index in [1.54, 1.807) is 0 Å². The molecule has 1 N–H and O–H groups in total. The highest BCUT2D eigenvalue weighted by Crippen LogP contribution is 2.41. The second kappa shape index (κ2) is 5.88. The van der Waals surface area contributed by atoms with E-state index in [1.807, 2.05) is 31.2 Å². The van der Waals surface area contributed by atoms with Crippen molar-refractivity contribution in [3.63, 3.8) is 0 Å². The molecule has 2 aliphatic heterocycles. The van der Waals surface area contributed by atoms with Gasteiger partial charge in [0.2, 0.25) is 0 Å². The van der Waals surface area contributed by atoms with Crippen molar-refractivity contribution in [3.8, 4) is 0 Å². The molecule has 2 aromatic rings. The number of rotatable bonds is 2. The maximum atomic E-state index is 13.9. The molecule has 0 saturated carbocycles. The molecule has 1 fully saturated rings. The molecule has 3 amide bonds. The third-order valence-electron chi connectivity index (χ3n) is 5.25. The molecule has 0 aromatic heterocycles. The molecule has 1 unspecified atom stereocenters. The van der Waals surface area contributed by atoms with Crippen molar-refractivity contribution in [3.05, 3.63) is 65.0 Å². The van der Waals surface area contributed by atoms with E-state index in [2.05, 4.69) is 5.32 Å². The molecular weight excluding hydrogens is 371 g/mol. The summed E-state index contributed by atoms with van der Waals surface area (Å²) in [6.45, 7) is 1.94. The van der Waals surface area contributed by atoms with Gasteiger partial charge < -0.3 is 5.32 Å². The highest BCUT2D eigenvalue weighted by atomic mass is 32.2. The predicted octanol–water partition coefficient (Wildman–Crippen LogP) is 2.26. The number of aryl methyl sites for hydroxylation is 1. The number of benzene rings is 2. The van der Waals surface area contributed by atoms with Crippen molar-refractivity contribution in [2.24, 2.45) is 0 Å². The first-order chi connectivity index (χ1) is 12.7. The number of nitrogens with zero attached hydrogens (tertiary/aromatic N) is 1. The van der Waals surface area contributed by atoms with Crippen LogP contribution < -0.4 is 5.32 Å². The van der Waals surface area contributed by atoms with E-state index in [0.29, 0.717) is 0 Å². The van der Waals surface area contributed by atoms with Gasteiger partial charge in [-0.25, -0.2) is 17.6 Å². The highest BCUT2D eigenvalue weighted by molar-refractivity contribution is 7.91. The fourth-order valence-electron chi connectivity index (χ4n) is 3.72. The van der Waals surface area contributed by atoms with Crippen LogP contribution >= 0.6 is 0 Å². The summed E-state index contributed by atoms with van der Waals surface area (Å²) in [5, 5.41) is 2.64. The molecule has 1 saturated heterocycles. The Morgan fingerprint density at radius 2 is 1.93 bits per heavy atom. The number of sulfone groups is 1. The lowest BCUT2D eigenvalue weighted by molar-refractivity contribution is -0.132.